The normalized spacial score (nSPS) is 10.9. The number of sulfonamides is 1. The molecule has 0 fully saturated rings. The predicted molar refractivity (Wildman–Crippen MR) is 94.8 cm³/mol. The van der Waals surface area contributed by atoms with E-state index >= 15 is 0 Å². The second kappa shape index (κ2) is 7.91. The number of methoxy groups -OCH3 is 2. The molecule has 144 valence electrons. The molecule has 0 unspecified atom stereocenters. The Morgan fingerprint density at radius 3 is 2.41 bits per heavy atom. The van der Waals surface area contributed by atoms with Gasteiger partial charge in [0.05, 0.1) is 24.8 Å². The number of carboxylic acids is 1. The first-order valence-corrected chi connectivity index (χ1v) is 8.86. The van der Waals surface area contributed by atoms with Crippen LogP contribution in [0.4, 0.5) is 11.4 Å². The van der Waals surface area contributed by atoms with E-state index in [1.165, 1.54) is 44.6 Å². The van der Waals surface area contributed by atoms with E-state index in [1.54, 1.807) is 0 Å². The third-order valence-corrected chi connectivity index (χ3v) is 5.37. The van der Waals surface area contributed by atoms with Crippen LogP contribution in [0.5, 0.6) is 11.5 Å². The van der Waals surface area contributed by atoms with Crippen molar-refractivity contribution in [1.29, 1.82) is 0 Å². The Bertz CT molecular complexity index is 974. The van der Waals surface area contributed by atoms with Gasteiger partial charge in [0.2, 0.25) is 0 Å². The number of rotatable bonds is 8. The van der Waals surface area contributed by atoms with E-state index in [0.717, 1.165) is 12.1 Å². The number of aliphatic carboxylic acids is 1. The van der Waals surface area contributed by atoms with Gasteiger partial charge in [-0.25, -0.2) is 8.42 Å². The van der Waals surface area contributed by atoms with Crippen LogP contribution < -0.4 is 13.8 Å². The second-order valence-electron chi connectivity index (χ2n) is 5.17. The van der Waals surface area contributed by atoms with Crippen molar-refractivity contribution in [3.05, 3.63) is 52.6 Å². The maximum absolute atomic E-state index is 13.1. The molecule has 0 aliphatic heterocycles. The van der Waals surface area contributed by atoms with Crippen LogP contribution in [0.1, 0.15) is 0 Å². The minimum absolute atomic E-state index is 0.0548. The van der Waals surface area contributed by atoms with Crippen molar-refractivity contribution in [2.45, 2.75) is 4.90 Å². The van der Waals surface area contributed by atoms with Crippen LogP contribution in [-0.4, -0.2) is 45.2 Å². The predicted octanol–water partition coefficient (Wildman–Crippen LogP) is 1.89. The molecule has 2 rings (SSSR count). The Kier molecular flexibility index (Phi) is 5.85. The molecule has 0 saturated heterocycles. The summed E-state index contributed by atoms with van der Waals surface area (Å²) < 4.78 is 37.0. The molecule has 0 amide bonds. The van der Waals surface area contributed by atoms with Gasteiger partial charge in [-0.3, -0.25) is 19.2 Å². The van der Waals surface area contributed by atoms with Gasteiger partial charge in [0.15, 0.2) is 4.90 Å². The van der Waals surface area contributed by atoms with E-state index in [1.807, 2.05) is 0 Å². The topological polar surface area (TPSA) is 136 Å². The second-order valence-corrected chi connectivity index (χ2v) is 7.00. The quantitative estimate of drug-likeness (QED) is 0.528. The summed E-state index contributed by atoms with van der Waals surface area (Å²) in [7, 11) is -1.98. The molecule has 0 spiro atoms. The molecule has 2 aromatic rings. The molecule has 0 aromatic heterocycles. The molecule has 10 nitrogen and oxygen atoms in total. The van der Waals surface area contributed by atoms with Gasteiger partial charge in [-0.05, 0) is 18.2 Å². The maximum Gasteiger partial charge on any atom is 0.324 e. The number of para-hydroxylation sites is 1. The number of nitro groups is 1. The Morgan fingerprint density at radius 2 is 1.85 bits per heavy atom. The molecule has 0 heterocycles. The number of benzene rings is 2. The molecule has 11 heteroatoms. The molecule has 0 aliphatic carbocycles. The number of anilines is 1. The van der Waals surface area contributed by atoms with Crippen molar-refractivity contribution in [2.75, 3.05) is 25.1 Å². The number of carbonyl (C=O) groups is 1. The first kappa shape index (κ1) is 20.0. The van der Waals surface area contributed by atoms with Crippen LogP contribution in [0.15, 0.2) is 47.4 Å². The average molecular weight is 396 g/mol. The highest BCUT2D eigenvalue weighted by atomic mass is 32.2. The van der Waals surface area contributed by atoms with Gasteiger partial charge in [0.1, 0.15) is 18.0 Å². The number of hydrogen-bond acceptors (Lipinski definition) is 7. The van der Waals surface area contributed by atoms with Gasteiger partial charge < -0.3 is 14.6 Å². The van der Waals surface area contributed by atoms with Gasteiger partial charge >= 0.3 is 5.97 Å². The average Bonchev–Trinajstić information content (AvgIpc) is 2.65. The van der Waals surface area contributed by atoms with Crippen LogP contribution in [0.3, 0.4) is 0 Å². The largest absolute Gasteiger partial charge is 0.497 e. The van der Waals surface area contributed by atoms with Crippen molar-refractivity contribution < 1.29 is 32.7 Å². The molecule has 0 aliphatic rings. The fourth-order valence-electron chi connectivity index (χ4n) is 2.36. The first-order valence-electron chi connectivity index (χ1n) is 7.42. The lowest BCUT2D eigenvalue weighted by atomic mass is 10.2. The molecule has 0 atom stereocenters. The smallest absolute Gasteiger partial charge is 0.324 e. The van der Waals surface area contributed by atoms with Crippen LogP contribution in [0, 0.1) is 10.1 Å². The molecule has 0 bridgehead atoms. The zero-order valence-electron chi connectivity index (χ0n) is 14.4. The molecule has 1 N–H and O–H groups in total. The van der Waals surface area contributed by atoms with E-state index in [-0.39, 0.29) is 17.2 Å². The van der Waals surface area contributed by atoms with Crippen molar-refractivity contribution >= 4 is 27.4 Å². The molecule has 27 heavy (non-hydrogen) atoms. The number of nitrogens with zero attached hydrogens (tertiary/aromatic N) is 2. The minimum Gasteiger partial charge on any atom is -0.497 e. The van der Waals surface area contributed by atoms with Crippen molar-refractivity contribution in [3.63, 3.8) is 0 Å². The third kappa shape index (κ3) is 4.08. The van der Waals surface area contributed by atoms with Gasteiger partial charge in [-0.2, -0.15) is 0 Å². The lowest BCUT2D eigenvalue weighted by Crippen LogP contribution is -2.36. The van der Waals surface area contributed by atoms with Crippen molar-refractivity contribution in [2.24, 2.45) is 0 Å². The molecule has 2 aromatic carbocycles. The summed E-state index contributed by atoms with van der Waals surface area (Å²) in [5.41, 5.74) is -0.799. The van der Waals surface area contributed by atoms with Gasteiger partial charge in [-0.15, -0.1) is 0 Å². The number of carboxylic acid groups (broad SMARTS) is 1. The Balaban J connectivity index is 2.75. The van der Waals surface area contributed by atoms with Crippen LogP contribution in [0.25, 0.3) is 0 Å². The summed E-state index contributed by atoms with van der Waals surface area (Å²) >= 11 is 0. The molecular weight excluding hydrogens is 380 g/mol. The highest BCUT2D eigenvalue weighted by Gasteiger charge is 2.34. The lowest BCUT2D eigenvalue weighted by Gasteiger charge is -2.24. The summed E-state index contributed by atoms with van der Waals surface area (Å²) in [6, 6.07) is 8.85. The number of nitro benzene ring substituents is 1. The fourth-order valence-corrected chi connectivity index (χ4v) is 3.94. The summed E-state index contributed by atoms with van der Waals surface area (Å²) in [6.07, 6.45) is 0. The molecule has 0 radical (unpaired) electrons. The minimum atomic E-state index is -4.61. The van der Waals surface area contributed by atoms with E-state index < -0.39 is 38.0 Å². The standard InChI is InChI=1S/C16H16N2O8S/c1-25-11-7-8-14(26-2)13(9-11)17(10-16(19)20)27(23,24)15-6-4-3-5-12(15)18(21)22/h3-9H,10H2,1-2H3,(H,19,20). The zero-order valence-corrected chi connectivity index (χ0v) is 15.2. The zero-order chi connectivity index (χ0) is 20.2. The summed E-state index contributed by atoms with van der Waals surface area (Å²) in [6.45, 7) is -0.974. The highest BCUT2D eigenvalue weighted by molar-refractivity contribution is 7.93. The van der Waals surface area contributed by atoms with E-state index in [4.69, 9.17) is 9.47 Å². The summed E-state index contributed by atoms with van der Waals surface area (Å²) in [4.78, 5) is 21.1. The Morgan fingerprint density at radius 1 is 1.19 bits per heavy atom. The van der Waals surface area contributed by atoms with E-state index in [9.17, 15) is 28.4 Å². The Hall–Kier alpha value is -3.34. The van der Waals surface area contributed by atoms with Crippen LogP contribution in [-0.2, 0) is 14.8 Å². The SMILES string of the molecule is COc1ccc(OC)c(N(CC(=O)O)S(=O)(=O)c2ccccc2[N+](=O)[O-])c1. The fraction of sp³-hybridized carbons (Fsp3) is 0.188. The first-order chi connectivity index (χ1) is 12.7. The maximum atomic E-state index is 13.1. The van der Waals surface area contributed by atoms with Crippen molar-refractivity contribution in [3.8, 4) is 11.5 Å². The monoisotopic (exact) mass is 396 g/mol. The van der Waals surface area contributed by atoms with E-state index in [2.05, 4.69) is 0 Å². The summed E-state index contributed by atoms with van der Waals surface area (Å²) in [5, 5.41) is 20.4. The van der Waals surface area contributed by atoms with Gasteiger partial charge in [0.25, 0.3) is 15.7 Å². The third-order valence-electron chi connectivity index (χ3n) is 3.56. The molecule has 0 saturated carbocycles. The van der Waals surface area contributed by atoms with Crippen LogP contribution in [0.2, 0.25) is 0 Å². The Labute approximate surface area is 154 Å². The van der Waals surface area contributed by atoms with E-state index in [0.29, 0.717) is 4.31 Å². The lowest BCUT2D eigenvalue weighted by molar-refractivity contribution is -0.387. The summed E-state index contributed by atoms with van der Waals surface area (Å²) in [5.74, 6) is -1.15. The number of ether oxygens (including phenoxy) is 2. The van der Waals surface area contributed by atoms with Crippen LogP contribution >= 0.6 is 0 Å². The molecular formula is C16H16N2O8S. The highest BCUT2D eigenvalue weighted by Crippen LogP contribution is 2.37. The van der Waals surface area contributed by atoms with Crippen molar-refractivity contribution in [1.82, 2.24) is 0 Å². The number of hydrogen-bond donors (Lipinski definition) is 1. The van der Waals surface area contributed by atoms with Gasteiger partial charge in [0, 0.05) is 12.1 Å². The van der Waals surface area contributed by atoms with Gasteiger partial charge in [-0.1, -0.05) is 12.1 Å².